The summed E-state index contributed by atoms with van der Waals surface area (Å²) in [6, 6.07) is 29.0. The van der Waals surface area contributed by atoms with Gasteiger partial charge in [0.1, 0.15) is 17.6 Å². The van der Waals surface area contributed by atoms with E-state index in [0.717, 1.165) is 11.1 Å². The number of hydrogen-bond donors (Lipinski definition) is 1. The number of nitrogens with zero attached hydrogens (tertiary/aromatic N) is 1. The number of amides is 2. The van der Waals surface area contributed by atoms with E-state index >= 15 is 0 Å². The lowest BCUT2D eigenvalue weighted by Gasteiger charge is -2.31. The second-order valence-electron chi connectivity index (χ2n) is 8.23. The Morgan fingerprint density at radius 3 is 2.19 bits per heavy atom. The fourth-order valence-corrected chi connectivity index (χ4v) is 4.01. The topological polar surface area (TPSA) is 71.8 Å². The average Bonchev–Trinajstić information content (AvgIpc) is 3.44. The van der Waals surface area contributed by atoms with E-state index in [9.17, 15) is 9.59 Å². The molecule has 1 aromatic heterocycles. The Hall–Kier alpha value is -4.03. The number of para-hydroxylation sites is 1. The van der Waals surface area contributed by atoms with Crippen LogP contribution in [-0.2, 0) is 29.1 Å². The van der Waals surface area contributed by atoms with E-state index in [2.05, 4.69) is 5.32 Å². The van der Waals surface area contributed by atoms with Gasteiger partial charge in [-0.1, -0.05) is 84.4 Å². The van der Waals surface area contributed by atoms with Gasteiger partial charge in [-0.25, -0.2) is 0 Å². The Labute approximate surface area is 215 Å². The lowest BCUT2D eigenvalue weighted by Crippen LogP contribution is -2.51. The molecule has 0 radical (unpaired) electrons. The maximum atomic E-state index is 13.6. The van der Waals surface area contributed by atoms with E-state index in [0.29, 0.717) is 23.0 Å². The van der Waals surface area contributed by atoms with Crippen LogP contribution in [0, 0.1) is 0 Å². The molecule has 0 aliphatic rings. The Bertz CT molecular complexity index is 1250. The number of carbonyl (C=O) groups excluding carboxylic acids is 2. The number of benzene rings is 3. The zero-order chi connectivity index (χ0) is 25.2. The number of carbonyl (C=O) groups is 2. The van der Waals surface area contributed by atoms with Crippen molar-refractivity contribution in [1.82, 2.24) is 10.2 Å². The normalized spacial score (nSPS) is 11.5. The molecule has 0 bridgehead atoms. The van der Waals surface area contributed by atoms with Crippen LogP contribution < -0.4 is 10.1 Å². The van der Waals surface area contributed by atoms with Crippen LogP contribution in [0.15, 0.2) is 108 Å². The van der Waals surface area contributed by atoms with Crippen molar-refractivity contribution in [2.24, 2.45) is 0 Å². The monoisotopic (exact) mass is 502 g/mol. The molecule has 0 aliphatic carbocycles. The minimum absolute atomic E-state index is 0.223. The molecule has 0 fully saturated rings. The largest absolute Gasteiger partial charge is 0.482 e. The average molecular weight is 503 g/mol. The van der Waals surface area contributed by atoms with E-state index in [1.54, 1.807) is 47.6 Å². The van der Waals surface area contributed by atoms with Crippen LogP contribution in [0.1, 0.15) is 16.9 Å². The molecule has 184 valence electrons. The third-order valence-electron chi connectivity index (χ3n) is 5.67. The highest BCUT2D eigenvalue weighted by Gasteiger charge is 2.30. The SMILES string of the molecule is O=C(NCc1ccco1)[C@H](Cc1ccccc1)N(Cc1ccccc1)C(=O)COc1ccccc1Cl. The highest BCUT2D eigenvalue weighted by Crippen LogP contribution is 2.23. The summed E-state index contributed by atoms with van der Waals surface area (Å²) in [4.78, 5) is 28.6. The van der Waals surface area contributed by atoms with Crippen LogP contribution in [0.4, 0.5) is 0 Å². The van der Waals surface area contributed by atoms with Gasteiger partial charge in [0.2, 0.25) is 5.91 Å². The Kier molecular flexibility index (Phi) is 8.78. The summed E-state index contributed by atoms with van der Waals surface area (Å²) in [5.41, 5.74) is 1.84. The molecule has 0 unspecified atom stereocenters. The van der Waals surface area contributed by atoms with E-state index in [1.165, 1.54) is 0 Å². The summed E-state index contributed by atoms with van der Waals surface area (Å²) in [6.45, 7) is 0.213. The van der Waals surface area contributed by atoms with E-state index in [4.69, 9.17) is 20.8 Å². The molecule has 0 saturated heterocycles. The second-order valence-corrected chi connectivity index (χ2v) is 8.64. The van der Waals surface area contributed by atoms with Gasteiger partial charge in [-0.3, -0.25) is 9.59 Å². The number of ether oxygens (including phenoxy) is 1. The van der Waals surface area contributed by atoms with Crippen molar-refractivity contribution in [1.29, 1.82) is 0 Å². The van der Waals surface area contributed by atoms with Gasteiger partial charge in [-0.15, -0.1) is 0 Å². The molecule has 1 heterocycles. The van der Waals surface area contributed by atoms with Crippen LogP contribution in [-0.4, -0.2) is 29.4 Å². The number of nitrogens with one attached hydrogen (secondary N) is 1. The number of hydrogen-bond acceptors (Lipinski definition) is 4. The number of furan rings is 1. The Morgan fingerprint density at radius 2 is 1.53 bits per heavy atom. The van der Waals surface area contributed by atoms with Crippen molar-refractivity contribution in [3.63, 3.8) is 0 Å². The standard InChI is InChI=1S/C29H27ClN2O4/c30-25-15-7-8-16-27(25)36-21-28(33)32(20-23-12-5-2-6-13-23)26(18-22-10-3-1-4-11-22)29(34)31-19-24-14-9-17-35-24/h1-17,26H,18-21H2,(H,31,34)/t26-/m0/s1. The highest BCUT2D eigenvalue weighted by molar-refractivity contribution is 6.32. The molecular formula is C29H27ClN2O4. The molecule has 4 rings (SSSR count). The maximum absolute atomic E-state index is 13.6. The van der Waals surface area contributed by atoms with Gasteiger partial charge in [0.25, 0.3) is 5.91 Å². The van der Waals surface area contributed by atoms with Crippen molar-refractivity contribution >= 4 is 23.4 Å². The van der Waals surface area contributed by atoms with E-state index in [-0.39, 0.29) is 31.5 Å². The smallest absolute Gasteiger partial charge is 0.261 e. The summed E-state index contributed by atoms with van der Waals surface area (Å²) in [6.07, 6.45) is 1.90. The quantitative estimate of drug-likeness (QED) is 0.303. The molecule has 0 saturated carbocycles. The molecule has 4 aromatic rings. The number of halogens is 1. The third kappa shape index (κ3) is 6.99. The fraction of sp³-hybridized carbons (Fsp3) is 0.172. The van der Waals surface area contributed by atoms with Gasteiger partial charge in [0.15, 0.2) is 6.61 Å². The lowest BCUT2D eigenvalue weighted by molar-refractivity contribution is -0.142. The molecule has 0 spiro atoms. The van der Waals surface area contributed by atoms with Crippen molar-refractivity contribution in [2.75, 3.05) is 6.61 Å². The first kappa shape index (κ1) is 25.1. The van der Waals surface area contributed by atoms with Crippen molar-refractivity contribution in [3.8, 4) is 5.75 Å². The molecule has 1 N–H and O–H groups in total. The molecule has 7 heteroatoms. The summed E-state index contributed by atoms with van der Waals surface area (Å²) in [5, 5.41) is 3.33. The molecule has 36 heavy (non-hydrogen) atoms. The summed E-state index contributed by atoms with van der Waals surface area (Å²) in [7, 11) is 0. The first-order valence-electron chi connectivity index (χ1n) is 11.6. The van der Waals surface area contributed by atoms with Crippen molar-refractivity contribution in [2.45, 2.75) is 25.6 Å². The Morgan fingerprint density at radius 1 is 0.861 bits per heavy atom. The van der Waals surface area contributed by atoms with Crippen LogP contribution in [0.25, 0.3) is 0 Å². The first-order chi connectivity index (χ1) is 17.6. The van der Waals surface area contributed by atoms with Crippen LogP contribution >= 0.6 is 11.6 Å². The zero-order valence-corrected chi connectivity index (χ0v) is 20.4. The van der Waals surface area contributed by atoms with Crippen molar-refractivity contribution < 1.29 is 18.7 Å². The van der Waals surface area contributed by atoms with Crippen LogP contribution in [0.5, 0.6) is 5.75 Å². The van der Waals surface area contributed by atoms with Gasteiger partial charge < -0.3 is 19.4 Å². The van der Waals surface area contributed by atoms with E-state index < -0.39 is 6.04 Å². The molecule has 1 atom stereocenters. The summed E-state index contributed by atoms with van der Waals surface area (Å²) in [5.74, 6) is 0.434. The minimum Gasteiger partial charge on any atom is -0.482 e. The summed E-state index contributed by atoms with van der Waals surface area (Å²) < 4.78 is 11.1. The highest BCUT2D eigenvalue weighted by atomic mass is 35.5. The van der Waals surface area contributed by atoms with Crippen molar-refractivity contribution in [3.05, 3.63) is 125 Å². The maximum Gasteiger partial charge on any atom is 0.261 e. The predicted octanol–water partition coefficient (Wildman–Crippen LogP) is 5.27. The van der Waals surface area contributed by atoms with Gasteiger partial charge in [0, 0.05) is 13.0 Å². The van der Waals surface area contributed by atoms with Gasteiger partial charge in [-0.05, 0) is 35.4 Å². The van der Waals surface area contributed by atoms with Gasteiger partial charge >= 0.3 is 0 Å². The lowest BCUT2D eigenvalue weighted by atomic mass is 10.0. The zero-order valence-electron chi connectivity index (χ0n) is 19.7. The molecular weight excluding hydrogens is 476 g/mol. The molecule has 0 aliphatic heterocycles. The summed E-state index contributed by atoms with van der Waals surface area (Å²) >= 11 is 6.20. The first-order valence-corrected chi connectivity index (χ1v) is 12.0. The third-order valence-corrected chi connectivity index (χ3v) is 5.98. The molecule has 2 amide bonds. The second kappa shape index (κ2) is 12.6. The van der Waals surface area contributed by atoms with Gasteiger partial charge in [-0.2, -0.15) is 0 Å². The Balaban J connectivity index is 1.59. The van der Waals surface area contributed by atoms with Crippen LogP contribution in [0.3, 0.4) is 0 Å². The number of rotatable bonds is 11. The molecule has 6 nitrogen and oxygen atoms in total. The van der Waals surface area contributed by atoms with Crippen LogP contribution in [0.2, 0.25) is 5.02 Å². The fourth-order valence-electron chi connectivity index (χ4n) is 3.82. The predicted molar refractivity (Wildman–Crippen MR) is 138 cm³/mol. The van der Waals surface area contributed by atoms with Gasteiger partial charge in [0.05, 0.1) is 17.8 Å². The minimum atomic E-state index is -0.773. The molecule has 3 aromatic carbocycles. The van der Waals surface area contributed by atoms with E-state index in [1.807, 2.05) is 60.7 Å².